The molecule has 0 rings (SSSR count). The molecule has 0 heterocycles. The van der Waals surface area contributed by atoms with Gasteiger partial charge < -0.3 is 69.3 Å². The van der Waals surface area contributed by atoms with Gasteiger partial charge >= 0.3 is 83.6 Å². The molecule has 0 saturated carbocycles. The van der Waals surface area contributed by atoms with E-state index in [-0.39, 0.29) is 89.9 Å². The zero-order chi connectivity index (χ0) is 56.2. The average molecular weight is 1070 g/mol. The van der Waals surface area contributed by atoms with Crippen LogP contribution in [0.1, 0.15) is 167 Å². The number of unbranched alkanes of at least 4 members (excludes halogenated alkanes) is 5. The topological polar surface area (TPSA) is 456 Å². The van der Waals surface area contributed by atoms with E-state index in [1.165, 1.54) is 0 Å². The molecule has 418 valence electrons. The maximum atomic E-state index is 13.0. The molecule has 0 fully saturated rings. The van der Waals surface area contributed by atoms with Crippen molar-refractivity contribution < 1.29 is 136 Å². The first-order valence-corrected chi connectivity index (χ1v) is 23.8. The summed E-state index contributed by atoms with van der Waals surface area (Å²) in [5.74, 6) is -17.7. The minimum atomic E-state index is -1.81. The monoisotopic (exact) mass is 1070 g/mol. The predicted molar refractivity (Wildman–Crippen MR) is 240 cm³/mol. The predicted octanol–water partition coefficient (Wildman–Crippen LogP) is 3.28. The first-order chi connectivity index (χ1) is 34.8. The maximum Gasteiger partial charge on any atom is 0.348 e. The highest BCUT2D eigenvalue weighted by Gasteiger charge is 2.33. The maximum absolute atomic E-state index is 13.0. The van der Waals surface area contributed by atoms with Crippen molar-refractivity contribution >= 4 is 83.6 Å². The Morgan fingerprint density at radius 2 is 0.419 bits per heavy atom. The van der Waals surface area contributed by atoms with E-state index in [1.807, 2.05) is 0 Å². The molecular weight excluding hydrogens is 1000 g/mol. The lowest BCUT2D eigenvalue weighted by molar-refractivity contribution is -0.178. The minimum absolute atomic E-state index is 0.114. The fourth-order valence-electron chi connectivity index (χ4n) is 6.55. The van der Waals surface area contributed by atoms with Gasteiger partial charge in [-0.15, -0.1) is 0 Å². The van der Waals surface area contributed by atoms with Gasteiger partial charge in [-0.05, 0) is 89.9 Å². The van der Waals surface area contributed by atoms with Crippen LogP contribution in [0.3, 0.4) is 0 Å². The Kier molecular flexibility index (Phi) is 34.4. The molecule has 0 saturated heterocycles. The number of carbonyl (C=O) groups excluding carboxylic acids is 6. The number of esters is 6. The van der Waals surface area contributed by atoms with Crippen LogP contribution in [-0.4, -0.2) is 161 Å². The zero-order valence-corrected chi connectivity index (χ0v) is 40.6. The molecule has 0 bridgehead atoms. The lowest BCUT2D eigenvalue weighted by Crippen LogP contribution is -2.35. The normalized spacial score (nSPS) is 13.2. The smallest absolute Gasteiger partial charge is 0.348 e. The van der Waals surface area contributed by atoms with Crippen LogP contribution < -0.4 is 0 Å². The third-order valence-electron chi connectivity index (χ3n) is 10.4. The van der Waals surface area contributed by atoms with Gasteiger partial charge in [-0.1, -0.05) is 25.7 Å². The molecule has 0 aromatic rings. The number of carboxylic acids is 8. The Morgan fingerprint density at radius 3 is 0.662 bits per heavy atom. The Labute approximate surface area is 422 Å². The summed E-state index contributed by atoms with van der Waals surface area (Å²) in [7, 11) is 0. The third-order valence-corrected chi connectivity index (χ3v) is 10.4. The van der Waals surface area contributed by atoms with Crippen LogP contribution in [-0.2, 0) is 95.5 Å². The van der Waals surface area contributed by atoms with Gasteiger partial charge in [-0.2, -0.15) is 0 Å². The van der Waals surface area contributed by atoms with Gasteiger partial charge in [-0.25, -0.2) is 28.8 Å². The van der Waals surface area contributed by atoms with E-state index in [9.17, 15) is 87.5 Å². The number of aliphatic carboxylic acids is 8. The summed E-state index contributed by atoms with van der Waals surface area (Å²) in [5, 5.41) is 73.0. The lowest BCUT2D eigenvalue weighted by Gasteiger charge is -2.20. The molecule has 0 aliphatic carbocycles. The van der Waals surface area contributed by atoms with E-state index in [0.29, 0.717) is 25.7 Å². The largest absolute Gasteiger partial charge is 0.481 e. The van der Waals surface area contributed by atoms with Crippen molar-refractivity contribution in [1.29, 1.82) is 0 Å². The van der Waals surface area contributed by atoms with Crippen LogP contribution in [0.15, 0.2) is 0 Å². The number of rotatable bonds is 45. The minimum Gasteiger partial charge on any atom is -0.481 e. The lowest BCUT2D eigenvalue weighted by atomic mass is 10.1. The highest BCUT2D eigenvalue weighted by Crippen LogP contribution is 2.19. The molecule has 74 heavy (non-hydrogen) atoms. The van der Waals surface area contributed by atoms with Crippen LogP contribution in [0.4, 0.5) is 0 Å². The molecule has 0 aliphatic rings. The summed E-state index contributed by atoms with van der Waals surface area (Å²) in [6, 6.07) is 0. The van der Waals surface area contributed by atoms with Crippen molar-refractivity contribution in [3.8, 4) is 0 Å². The van der Waals surface area contributed by atoms with Crippen molar-refractivity contribution in [2.45, 2.75) is 204 Å². The number of hydrogen-bond acceptors (Lipinski definition) is 20. The van der Waals surface area contributed by atoms with Crippen LogP contribution in [0.25, 0.3) is 0 Å². The van der Waals surface area contributed by atoms with E-state index < -0.39 is 172 Å². The molecular formula is C46H66O28. The van der Waals surface area contributed by atoms with Gasteiger partial charge in [0, 0.05) is 51.4 Å². The molecule has 6 atom stereocenters. The fraction of sp³-hybridized carbons (Fsp3) is 0.696. The summed E-state index contributed by atoms with van der Waals surface area (Å²) in [5.41, 5.74) is 0. The summed E-state index contributed by atoms with van der Waals surface area (Å²) < 4.78 is 30.4. The molecule has 6 unspecified atom stereocenters. The summed E-state index contributed by atoms with van der Waals surface area (Å²) in [6.45, 7) is 0. The Bertz CT molecular complexity index is 1770. The van der Waals surface area contributed by atoms with Crippen LogP contribution in [0.5, 0.6) is 0 Å². The van der Waals surface area contributed by atoms with Crippen LogP contribution >= 0.6 is 0 Å². The Morgan fingerprint density at radius 1 is 0.230 bits per heavy atom. The fourth-order valence-corrected chi connectivity index (χ4v) is 6.55. The van der Waals surface area contributed by atoms with E-state index >= 15 is 0 Å². The Balaban J connectivity index is 5.42. The third kappa shape index (κ3) is 34.0. The zero-order valence-electron chi connectivity index (χ0n) is 40.6. The van der Waals surface area contributed by atoms with Gasteiger partial charge in [0.1, 0.15) is 0 Å². The van der Waals surface area contributed by atoms with Crippen molar-refractivity contribution in [3.05, 3.63) is 0 Å². The van der Waals surface area contributed by atoms with E-state index in [2.05, 4.69) is 0 Å². The van der Waals surface area contributed by atoms with Crippen molar-refractivity contribution in [3.63, 3.8) is 0 Å². The first kappa shape index (κ1) is 66.6. The van der Waals surface area contributed by atoms with Gasteiger partial charge in [0.15, 0.2) is 36.6 Å². The molecule has 0 aromatic carbocycles. The van der Waals surface area contributed by atoms with Gasteiger partial charge in [0.25, 0.3) is 0 Å². The molecule has 8 N–H and O–H groups in total. The highest BCUT2D eigenvalue weighted by atomic mass is 16.6. The van der Waals surface area contributed by atoms with Crippen LogP contribution in [0, 0.1) is 0 Å². The van der Waals surface area contributed by atoms with E-state index in [0.717, 1.165) is 0 Å². The first-order valence-electron chi connectivity index (χ1n) is 23.8. The van der Waals surface area contributed by atoms with Gasteiger partial charge in [-0.3, -0.25) is 38.4 Å². The van der Waals surface area contributed by atoms with Crippen molar-refractivity contribution in [2.75, 3.05) is 0 Å². The second-order valence-electron chi connectivity index (χ2n) is 16.7. The quantitative estimate of drug-likeness (QED) is 0.0246. The molecule has 28 heteroatoms. The van der Waals surface area contributed by atoms with E-state index in [4.69, 9.17) is 48.8 Å². The van der Waals surface area contributed by atoms with E-state index in [1.54, 1.807) is 0 Å². The molecule has 0 spiro atoms. The van der Waals surface area contributed by atoms with Gasteiger partial charge in [0.05, 0.1) is 0 Å². The second-order valence-corrected chi connectivity index (χ2v) is 16.7. The molecule has 28 nitrogen and oxygen atoms in total. The van der Waals surface area contributed by atoms with Gasteiger partial charge in [0.2, 0.25) is 0 Å². The van der Waals surface area contributed by atoms with Crippen molar-refractivity contribution in [1.82, 2.24) is 0 Å². The molecule has 0 radical (unpaired) electrons. The molecule has 0 aliphatic heterocycles. The number of ether oxygens (including phenoxy) is 6. The van der Waals surface area contributed by atoms with Crippen LogP contribution in [0.2, 0.25) is 0 Å². The average Bonchev–Trinajstić information content (AvgIpc) is 3.29. The Hall–Kier alpha value is -7.42. The molecule has 0 aromatic heterocycles. The number of carboxylic acid groups (broad SMARTS) is 8. The van der Waals surface area contributed by atoms with Crippen molar-refractivity contribution in [2.24, 2.45) is 0 Å². The summed E-state index contributed by atoms with van der Waals surface area (Å²) >= 11 is 0. The standard InChI is InChI=1S/C46H66O28/c47-33(48)19-7-13-27(41(59)60)69-39(57)25-11-17-31(45(67)73-29(43(63)64)15-9-21-35(51)52)71-37(55)23-5-3-1-2-4-6-24-38(56)72-32(46(68)74-30(44(65)66)16-10-22-36(53)54)18-12-26-40(58)70-28(42(61)62)14-8-20-34(49)50/h27-32H,1-26H2,(H,47,48)(H,49,50)(H,51,52)(H,53,54)(H,59,60)(H,61,62)(H,63,64)(H,65,66). The highest BCUT2D eigenvalue weighted by molar-refractivity contribution is 5.84. The molecule has 0 amide bonds. The number of hydrogen-bond donors (Lipinski definition) is 8. The SMILES string of the molecule is O=C(O)CCCC(OC(=O)CCCC(OC(=O)CCCCCCCCC(=O)OC(CCCC(=O)OC(CCCC(=O)O)C(=O)O)C(=O)OC(CCCC(=O)O)C(=O)O)C(=O)OC(CCCC(=O)O)C(=O)O)C(=O)O. The number of carbonyl (C=O) groups is 14. The second kappa shape index (κ2) is 38.2. The summed E-state index contributed by atoms with van der Waals surface area (Å²) in [6.07, 6.45) is -14.7. The summed E-state index contributed by atoms with van der Waals surface area (Å²) in [4.78, 5) is 166.